The number of fused-ring (bicyclic) bond motifs is 1. The Labute approximate surface area is 93.9 Å². The molecule has 0 bridgehead atoms. The number of aryl methyl sites for hydroxylation is 2. The van der Waals surface area contributed by atoms with E-state index in [0.29, 0.717) is 23.3 Å². The van der Waals surface area contributed by atoms with Crippen molar-refractivity contribution < 1.29 is 4.42 Å². The summed E-state index contributed by atoms with van der Waals surface area (Å²) in [6.07, 6.45) is 0.664. The molecule has 3 heteroatoms. The Kier molecular flexibility index (Phi) is 2.46. The molecule has 0 amide bonds. The fraction of sp³-hybridized carbons (Fsp3) is 0.308. The summed E-state index contributed by atoms with van der Waals surface area (Å²) in [5, 5.41) is 0.872. The molecule has 2 N–H and O–H groups in total. The third-order valence-corrected chi connectivity index (χ3v) is 3.06. The van der Waals surface area contributed by atoms with E-state index in [1.165, 1.54) is 0 Å². The molecule has 0 aliphatic heterocycles. The minimum Gasteiger partial charge on any atom is -0.422 e. The highest BCUT2D eigenvalue weighted by Gasteiger charge is 2.12. The molecule has 1 heterocycles. The summed E-state index contributed by atoms with van der Waals surface area (Å²) in [4.78, 5) is 11.7. The highest BCUT2D eigenvalue weighted by Crippen LogP contribution is 2.27. The summed E-state index contributed by atoms with van der Waals surface area (Å²) < 4.78 is 5.26. The van der Waals surface area contributed by atoms with E-state index in [-0.39, 0.29) is 5.63 Å². The van der Waals surface area contributed by atoms with Gasteiger partial charge in [-0.2, -0.15) is 0 Å². The maximum Gasteiger partial charge on any atom is 0.339 e. The van der Waals surface area contributed by atoms with Gasteiger partial charge in [-0.25, -0.2) is 4.79 Å². The number of anilines is 1. The van der Waals surface area contributed by atoms with Crippen LogP contribution in [0.4, 0.5) is 5.69 Å². The molecular formula is C13H15NO2. The second-order valence-electron chi connectivity index (χ2n) is 4.02. The van der Waals surface area contributed by atoms with Crippen molar-refractivity contribution in [1.29, 1.82) is 0 Å². The molecule has 0 aliphatic rings. The maximum absolute atomic E-state index is 11.7. The number of hydrogen-bond acceptors (Lipinski definition) is 3. The molecule has 0 fully saturated rings. The van der Waals surface area contributed by atoms with E-state index in [1.807, 2.05) is 26.8 Å². The number of hydrogen-bond donors (Lipinski definition) is 1. The summed E-state index contributed by atoms with van der Waals surface area (Å²) in [5.41, 5.74) is 9.71. The summed E-state index contributed by atoms with van der Waals surface area (Å²) in [7, 11) is 0. The minimum absolute atomic E-state index is 0.254. The van der Waals surface area contributed by atoms with Gasteiger partial charge >= 0.3 is 5.63 Å². The third-order valence-electron chi connectivity index (χ3n) is 3.06. The molecule has 0 saturated carbocycles. The molecule has 84 valence electrons. The second-order valence-corrected chi connectivity index (χ2v) is 4.02. The van der Waals surface area contributed by atoms with Crippen molar-refractivity contribution in [3.05, 3.63) is 39.2 Å². The quantitative estimate of drug-likeness (QED) is 0.590. The predicted molar refractivity (Wildman–Crippen MR) is 65.7 cm³/mol. The Morgan fingerprint density at radius 1 is 1.31 bits per heavy atom. The Hall–Kier alpha value is -1.77. The Morgan fingerprint density at radius 3 is 2.62 bits per heavy atom. The van der Waals surface area contributed by atoms with Crippen molar-refractivity contribution in [1.82, 2.24) is 0 Å². The van der Waals surface area contributed by atoms with E-state index in [9.17, 15) is 4.79 Å². The molecule has 2 aromatic rings. The summed E-state index contributed by atoms with van der Waals surface area (Å²) in [6.45, 7) is 5.82. The largest absolute Gasteiger partial charge is 0.422 e. The van der Waals surface area contributed by atoms with Crippen LogP contribution in [0, 0.1) is 13.8 Å². The van der Waals surface area contributed by atoms with Crippen LogP contribution in [0.2, 0.25) is 0 Å². The molecule has 0 aliphatic carbocycles. The minimum atomic E-state index is -0.254. The molecule has 0 unspecified atom stereocenters. The first kappa shape index (κ1) is 10.7. The van der Waals surface area contributed by atoms with Crippen LogP contribution in [0.25, 0.3) is 11.0 Å². The van der Waals surface area contributed by atoms with Crippen LogP contribution in [0.1, 0.15) is 23.6 Å². The highest BCUT2D eigenvalue weighted by molar-refractivity contribution is 5.93. The van der Waals surface area contributed by atoms with Crippen LogP contribution in [0.5, 0.6) is 0 Å². The maximum atomic E-state index is 11.7. The topological polar surface area (TPSA) is 56.2 Å². The van der Waals surface area contributed by atoms with E-state index >= 15 is 0 Å². The lowest BCUT2D eigenvalue weighted by molar-refractivity contribution is 0.550. The summed E-state index contributed by atoms with van der Waals surface area (Å²) in [5.74, 6) is 0. The van der Waals surface area contributed by atoms with Gasteiger partial charge in [0.05, 0.1) is 0 Å². The van der Waals surface area contributed by atoms with E-state index in [4.69, 9.17) is 10.2 Å². The lowest BCUT2D eigenvalue weighted by Crippen LogP contribution is -2.10. The first-order chi connectivity index (χ1) is 7.56. The van der Waals surface area contributed by atoms with Gasteiger partial charge in [0.1, 0.15) is 5.58 Å². The molecule has 16 heavy (non-hydrogen) atoms. The highest BCUT2D eigenvalue weighted by atomic mass is 16.4. The first-order valence-electron chi connectivity index (χ1n) is 5.37. The fourth-order valence-corrected chi connectivity index (χ4v) is 2.05. The molecule has 0 saturated heterocycles. The van der Waals surface area contributed by atoms with Crippen LogP contribution < -0.4 is 11.4 Å². The molecule has 0 atom stereocenters. The Bertz CT molecular complexity index is 611. The fourth-order valence-electron chi connectivity index (χ4n) is 2.05. The van der Waals surface area contributed by atoms with E-state index < -0.39 is 0 Å². The van der Waals surface area contributed by atoms with Crippen LogP contribution in [0.15, 0.2) is 21.3 Å². The predicted octanol–water partition coefficient (Wildman–Crippen LogP) is 2.55. The molecule has 1 aromatic heterocycles. The van der Waals surface area contributed by atoms with Crippen molar-refractivity contribution >= 4 is 16.7 Å². The van der Waals surface area contributed by atoms with Crippen molar-refractivity contribution in [2.45, 2.75) is 27.2 Å². The van der Waals surface area contributed by atoms with E-state index in [1.54, 1.807) is 6.07 Å². The van der Waals surface area contributed by atoms with Gasteiger partial charge in [-0.15, -0.1) is 0 Å². The van der Waals surface area contributed by atoms with E-state index in [0.717, 1.165) is 16.5 Å². The van der Waals surface area contributed by atoms with Crippen LogP contribution >= 0.6 is 0 Å². The van der Waals surface area contributed by atoms with Gasteiger partial charge in [-0.3, -0.25) is 0 Å². The van der Waals surface area contributed by atoms with Crippen molar-refractivity contribution in [2.75, 3.05) is 5.73 Å². The zero-order valence-electron chi connectivity index (χ0n) is 9.76. The summed E-state index contributed by atoms with van der Waals surface area (Å²) >= 11 is 0. The van der Waals surface area contributed by atoms with Gasteiger partial charge < -0.3 is 10.2 Å². The molecular weight excluding hydrogens is 202 g/mol. The lowest BCUT2D eigenvalue weighted by atomic mass is 10.0. The SMILES string of the molecule is CCc1c(C)c2c(N)c(C)ccc2oc1=O. The zero-order valence-corrected chi connectivity index (χ0v) is 9.76. The summed E-state index contributed by atoms with van der Waals surface area (Å²) in [6, 6.07) is 3.67. The van der Waals surface area contributed by atoms with Crippen LogP contribution in [-0.4, -0.2) is 0 Å². The third kappa shape index (κ3) is 1.40. The molecule has 1 aromatic carbocycles. The Balaban J connectivity index is 3.01. The molecule has 3 nitrogen and oxygen atoms in total. The number of rotatable bonds is 1. The standard InChI is InChI=1S/C13H15NO2/c1-4-9-8(3)11-10(16-13(9)15)6-5-7(2)12(11)14/h5-6H,4,14H2,1-3H3. The normalized spacial score (nSPS) is 10.9. The van der Waals surface area contributed by atoms with Gasteiger partial charge in [0.15, 0.2) is 0 Å². The number of benzene rings is 1. The lowest BCUT2D eigenvalue weighted by Gasteiger charge is -2.09. The van der Waals surface area contributed by atoms with E-state index in [2.05, 4.69) is 0 Å². The van der Waals surface area contributed by atoms with Crippen LogP contribution in [0.3, 0.4) is 0 Å². The second kappa shape index (κ2) is 3.67. The van der Waals surface area contributed by atoms with Crippen molar-refractivity contribution in [3.63, 3.8) is 0 Å². The van der Waals surface area contributed by atoms with Gasteiger partial charge in [0.2, 0.25) is 0 Å². The zero-order chi connectivity index (χ0) is 11.9. The van der Waals surface area contributed by atoms with Crippen molar-refractivity contribution in [3.8, 4) is 0 Å². The van der Waals surface area contributed by atoms with Gasteiger partial charge in [-0.1, -0.05) is 13.0 Å². The van der Waals surface area contributed by atoms with Crippen molar-refractivity contribution in [2.24, 2.45) is 0 Å². The molecule has 0 radical (unpaired) electrons. The smallest absolute Gasteiger partial charge is 0.339 e. The monoisotopic (exact) mass is 217 g/mol. The van der Waals surface area contributed by atoms with Gasteiger partial charge in [0.25, 0.3) is 0 Å². The Morgan fingerprint density at radius 2 is 2.00 bits per heavy atom. The molecule has 2 rings (SSSR count). The van der Waals surface area contributed by atoms with Crippen LogP contribution in [-0.2, 0) is 6.42 Å². The molecule has 0 spiro atoms. The van der Waals surface area contributed by atoms with Gasteiger partial charge in [-0.05, 0) is 37.5 Å². The average molecular weight is 217 g/mol. The van der Waals surface area contributed by atoms with Gasteiger partial charge in [0, 0.05) is 16.6 Å². The average Bonchev–Trinajstić information content (AvgIpc) is 2.24. The first-order valence-corrected chi connectivity index (χ1v) is 5.37. The number of nitrogen functional groups attached to an aromatic ring is 1. The number of nitrogens with two attached hydrogens (primary N) is 1.